The normalized spacial score (nSPS) is 12.6. The van der Waals surface area contributed by atoms with Crippen molar-refractivity contribution in [3.63, 3.8) is 0 Å². The van der Waals surface area contributed by atoms with E-state index in [1.807, 2.05) is 23.7 Å². The highest BCUT2D eigenvalue weighted by Crippen LogP contribution is 2.16. The Morgan fingerprint density at radius 2 is 2.11 bits per heavy atom. The van der Waals surface area contributed by atoms with E-state index in [9.17, 15) is 0 Å². The quantitative estimate of drug-likeness (QED) is 0.890. The van der Waals surface area contributed by atoms with E-state index in [4.69, 9.17) is 0 Å². The van der Waals surface area contributed by atoms with Crippen molar-refractivity contribution >= 4 is 11.3 Å². The topological polar surface area (TPSA) is 24.9 Å². The minimum Gasteiger partial charge on any atom is -0.310 e. The molecule has 0 amide bonds. The molecule has 0 aliphatic heterocycles. The Bertz CT molecular complexity index is 505. The van der Waals surface area contributed by atoms with Crippen molar-refractivity contribution in [1.29, 1.82) is 0 Å². The summed E-state index contributed by atoms with van der Waals surface area (Å²) in [5, 5.41) is 3.55. The number of hydrogen-bond acceptors (Lipinski definition) is 3. The molecule has 0 aromatic carbocycles. The van der Waals surface area contributed by atoms with E-state index < -0.39 is 0 Å². The van der Waals surface area contributed by atoms with Gasteiger partial charge in [0.2, 0.25) is 0 Å². The summed E-state index contributed by atoms with van der Waals surface area (Å²) in [7, 11) is 0. The van der Waals surface area contributed by atoms with E-state index in [0.29, 0.717) is 6.04 Å². The van der Waals surface area contributed by atoms with Gasteiger partial charge in [-0.25, -0.2) is 0 Å². The summed E-state index contributed by atoms with van der Waals surface area (Å²) in [5.74, 6) is 0. The van der Waals surface area contributed by atoms with Gasteiger partial charge in [-0.3, -0.25) is 4.98 Å². The van der Waals surface area contributed by atoms with Crippen molar-refractivity contribution in [1.82, 2.24) is 10.3 Å². The van der Waals surface area contributed by atoms with Crippen LogP contribution in [-0.4, -0.2) is 11.0 Å². The average Bonchev–Trinajstić information content (AvgIpc) is 2.72. The molecule has 2 aromatic heterocycles. The van der Waals surface area contributed by atoms with Gasteiger partial charge in [-0.1, -0.05) is 6.07 Å². The van der Waals surface area contributed by atoms with E-state index in [2.05, 4.69) is 49.3 Å². The molecule has 2 nitrogen and oxygen atoms in total. The summed E-state index contributed by atoms with van der Waals surface area (Å²) in [6, 6.07) is 7.09. The van der Waals surface area contributed by atoms with Crippen LogP contribution in [0.1, 0.15) is 27.8 Å². The van der Waals surface area contributed by atoms with Crippen LogP contribution in [0.4, 0.5) is 0 Å². The molecule has 0 saturated heterocycles. The molecule has 3 heteroatoms. The van der Waals surface area contributed by atoms with Crippen molar-refractivity contribution in [2.45, 2.75) is 39.8 Å². The molecule has 0 radical (unpaired) electrons. The van der Waals surface area contributed by atoms with Gasteiger partial charge in [0.05, 0.1) is 0 Å². The lowest BCUT2D eigenvalue weighted by Gasteiger charge is -2.12. The van der Waals surface area contributed by atoms with Crippen LogP contribution in [0, 0.1) is 13.8 Å². The van der Waals surface area contributed by atoms with Gasteiger partial charge in [-0.2, -0.15) is 0 Å². The van der Waals surface area contributed by atoms with Crippen molar-refractivity contribution < 1.29 is 0 Å². The van der Waals surface area contributed by atoms with Crippen LogP contribution in [-0.2, 0) is 13.0 Å². The second-order valence-corrected chi connectivity index (χ2v) is 6.24. The molecular weight excluding hydrogens is 240 g/mol. The molecule has 0 spiro atoms. The summed E-state index contributed by atoms with van der Waals surface area (Å²) in [5.41, 5.74) is 2.47. The molecule has 1 N–H and O–H groups in total. The lowest BCUT2D eigenvalue weighted by Crippen LogP contribution is -2.27. The van der Waals surface area contributed by atoms with Crippen LogP contribution < -0.4 is 5.32 Å². The minimum absolute atomic E-state index is 0.489. The summed E-state index contributed by atoms with van der Waals surface area (Å²) in [6.45, 7) is 7.36. The molecule has 1 unspecified atom stereocenters. The Kier molecular flexibility index (Phi) is 4.50. The molecule has 0 bridgehead atoms. The van der Waals surface area contributed by atoms with Crippen LogP contribution in [0.3, 0.4) is 0 Å². The number of hydrogen-bond donors (Lipinski definition) is 1. The minimum atomic E-state index is 0.489. The van der Waals surface area contributed by atoms with Crippen LogP contribution in [0.2, 0.25) is 0 Å². The largest absolute Gasteiger partial charge is 0.310 e. The van der Waals surface area contributed by atoms with Gasteiger partial charge in [0.1, 0.15) is 0 Å². The van der Waals surface area contributed by atoms with Gasteiger partial charge in [0.25, 0.3) is 0 Å². The van der Waals surface area contributed by atoms with Crippen molar-refractivity contribution in [2.24, 2.45) is 0 Å². The van der Waals surface area contributed by atoms with Gasteiger partial charge in [-0.15, -0.1) is 11.3 Å². The molecule has 18 heavy (non-hydrogen) atoms. The predicted molar refractivity (Wildman–Crippen MR) is 78.0 cm³/mol. The summed E-state index contributed by atoms with van der Waals surface area (Å²) >= 11 is 1.89. The third kappa shape index (κ3) is 3.93. The maximum absolute atomic E-state index is 4.21. The zero-order chi connectivity index (χ0) is 13.0. The predicted octanol–water partition coefficient (Wildman–Crippen LogP) is 3.48. The molecule has 2 heterocycles. The van der Waals surface area contributed by atoms with Crippen LogP contribution in [0.15, 0.2) is 30.6 Å². The average molecular weight is 260 g/mol. The Labute approximate surface area is 113 Å². The molecule has 2 aromatic rings. The zero-order valence-electron chi connectivity index (χ0n) is 11.2. The van der Waals surface area contributed by atoms with Gasteiger partial charge in [-0.05, 0) is 50.5 Å². The lowest BCUT2D eigenvalue weighted by molar-refractivity contribution is 0.548. The summed E-state index contributed by atoms with van der Waals surface area (Å²) in [4.78, 5) is 7.05. The second-order valence-electron chi connectivity index (χ2n) is 4.87. The van der Waals surface area contributed by atoms with E-state index in [1.54, 1.807) is 0 Å². The molecule has 2 rings (SSSR count). The van der Waals surface area contributed by atoms with Crippen LogP contribution in [0.5, 0.6) is 0 Å². The molecule has 0 aliphatic rings. The Hall–Kier alpha value is -1.19. The Balaban J connectivity index is 1.83. The first-order valence-corrected chi connectivity index (χ1v) is 7.14. The molecule has 0 saturated carbocycles. The molecule has 0 fully saturated rings. The second kappa shape index (κ2) is 6.12. The van der Waals surface area contributed by atoms with E-state index in [-0.39, 0.29) is 0 Å². The highest BCUT2D eigenvalue weighted by Gasteiger charge is 2.05. The maximum Gasteiger partial charge on any atom is 0.0313 e. The smallest absolute Gasteiger partial charge is 0.0313 e. The fraction of sp³-hybridized carbons (Fsp3) is 0.400. The third-order valence-corrected chi connectivity index (χ3v) is 3.91. The Morgan fingerprint density at radius 1 is 1.28 bits per heavy atom. The number of rotatable bonds is 5. The summed E-state index contributed by atoms with van der Waals surface area (Å²) < 4.78 is 0. The SMILES string of the molecule is Cc1cncc(CNC(C)Cc2ccc(C)s2)c1. The maximum atomic E-state index is 4.21. The van der Waals surface area contributed by atoms with Crippen LogP contribution >= 0.6 is 11.3 Å². The van der Waals surface area contributed by atoms with E-state index >= 15 is 0 Å². The molecular formula is C15H20N2S. The Morgan fingerprint density at radius 3 is 2.78 bits per heavy atom. The molecule has 96 valence electrons. The lowest BCUT2D eigenvalue weighted by atomic mass is 10.2. The van der Waals surface area contributed by atoms with E-state index in [0.717, 1.165) is 13.0 Å². The number of thiophene rings is 1. The number of nitrogens with one attached hydrogen (secondary N) is 1. The number of aryl methyl sites for hydroxylation is 2. The van der Waals surface area contributed by atoms with Gasteiger partial charge < -0.3 is 5.32 Å². The van der Waals surface area contributed by atoms with Gasteiger partial charge in [0.15, 0.2) is 0 Å². The van der Waals surface area contributed by atoms with E-state index in [1.165, 1.54) is 20.9 Å². The summed E-state index contributed by atoms with van der Waals surface area (Å²) in [6.07, 6.45) is 4.92. The number of aromatic nitrogens is 1. The highest BCUT2D eigenvalue weighted by molar-refractivity contribution is 7.11. The fourth-order valence-corrected chi connectivity index (χ4v) is 2.99. The van der Waals surface area contributed by atoms with Gasteiger partial charge >= 0.3 is 0 Å². The van der Waals surface area contributed by atoms with Crippen molar-refractivity contribution in [3.8, 4) is 0 Å². The first kappa shape index (κ1) is 13.2. The first-order valence-electron chi connectivity index (χ1n) is 6.32. The zero-order valence-corrected chi connectivity index (χ0v) is 12.1. The third-order valence-electron chi connectivity index (χ3n) is 2.89. The number of pyridine rings is 1. The van der Waals surface area contributed by atoms with Crippen LogP contribution in [0.25, 0.3) is 0 Å². The first-order chi connectivity index (χ1) is 8.63. The monoisotopic (exact) mass is 260 g/mol. The molecule has 1 atom stereocenters. The number of nitrogens with zero attached hydrogens (tertiary/aromatic N) is 1. The highest BCUT2D eigenvalue weighted by atomic mass is 32.1. The van der Waals surface area contributed by atoms with Gasteiger partial charge in [0, 0.05) is 34.7 Å². The fourth-order valence-electron chi connectivity index (χ4n) is 1.98. The van der Waals surface area contributed by atoms with Crippen molar-refractivity contribution in [3.05, 3.63) is 51.5 Å². The molecule has 0 aliphatic carbocycles. The van der Waals surface area contributed by atoms with Crippen molar-refractivity contribution in [2.75, 3.05) is 0 Å². The standard InChI is InChI=1S/C15H20N2S/c1-11-6-14(9-16-8-11)10-17-12(2)7-15-5-4-13(3)18-15/h4-6,8-9,12,17H,7,10H2,1-3H3.